The monoisotopic (exact) mass is 646 g/mol. The minimum Gasteiger partial charge on any atom is -0.466 e. The number of hydrogen-bond acceptors (Lipinski definition) is 9. The van der Waals surface area contributed by atoms with Gasteiger partial charge < -0.3 is 18.9 Å². The van der Waals surface area contributed by atoms with Gasteiger partial charge in [-0.25, -0.2) is 0 Å². The third-order valence-electron chi connectivity index (χ3n) is 7.02. The minimum absolute atomic E-state index is 0. The van der Waals surface area contributed by atoms with Crippen LogP contribution in [0.5, 0.6) is 0 Å². The minimum atomic E-state index is -0.909. The molecule has 0 saturated carbocycles. The van der Waals surface area contributed by atoms with Gasteiger partial charge in [0, 0.05) is 25.7 Å². The molecule has 0 fully saturated rings. The Balaban J connectivity index is 0. The lowest BCUT2D eigenvalue weighted by Crippen LogP contribution is -2.31. The van der Waals surface area contributed by atoms with Crippen molar-refractivity contribution in [3.8, 4) is 0 Å². The highest BCUT2D eigenvalue weighted by Crippen LogP contribution is 2.13. The summed E-state index contributed by atoms with van der Waals surface area (Å²) in [5.41, 5.74) is 0. The molecule has 0 aliphatic heterocycles. The lowest BCUT2D eigenvalue weighted by molar-refractivity contribution is -0.167. The molecule has 9 nitrogen and oxygen atoms in total. The molecule has 258 valence electrons. The molecule has 0 saturated heterocycles. The fourth-order valence-corrected chi connectivity index (χ4v) is 4.48. The van der Waals surface area contributed by atoms with Crippen LogP contribution in [0, 0.1) is 0 Å². The second kappa shape index (κ2) is 32.3. The molecule has 0 spiro atoms. The van der Waals surface area contributed by atoms with E-state index in [1.54, 1.807) is 0 Å². The first-order chi connectivity index (χ1) is 20.8. The van der Waals surface area contributed by atoms with E-state index >= 15 is 0 Å². The van der Waals surface area contributed by atoms with Gasteiger partial charge in [-0.2, -0.15) is 13.5 Å². The quantitative estimate of drug-likeness (QED) is 0.0436. The molecule has 0 radical (unpaired) electrons. The number of Topliss-reactive ketones (excluding diaryl/α,β-unsaturated/α-hetero) is 1. The number of ketones is 1. The molecule has 44 heavy (non-hydrogen) atoms. The average Bonchev–Trinajstić information content (AvgIpc) is 2.98. The van der Waals surface area contributed by atoms with Crippen LogP contribution in [-0.4, -0.2) is 55.6 Å². The molecule has 10 heteroatoms. The highest BCUT2D eigenvalue weighted by Gasteiger charge is 2.19. The van der Waals surface area contributed by atoms with Crippen LogP contribution in [0.15, 0.2) is 0 Å². The molecule has 0 heterocycles. The van der Waals surface area contributed by atoms with Gasteiger partial charge in [-0.15, -0.1) is 0 Å². The van der Waals surface area contributed by atoms with Crippen molar-refractivity contribution in [2.24, 2.45) is 0 Å². The summed E-state index contributed by atoms with van der Waals surface area (Å²) in [7, 11) is 0. The Morgan fingerprint density at radius 1 is 0.432 bits per heavy atom. The third kappa shape index (κ3) is 29.9. The molecular formula is C34H62O9S. The Morgan fingerprint density at radius 3 is 1.34 bits per heavy atom. The zero-order valence-electron chi connectivity index (χ0n) is 27.9. The zero-order chi connectivity index (χ0) is 32.0. The summed E-state index contributed by atoms with van der Waals surface area (Å²) in [4.78, 5) is 59.5. The van der Waals surface area contributed by atoms with Gasteiger partial charge in [0.2, 0.25) is 0 Å². The lowest BCUT2D eigenvalue weighted by atomic mass is 10.0. The standard InChI is InChI=1S/C34H60O9.H2S/c1-4-7-8-9-10-11-12-13-14-15-16-17-18-22-29(35)23-19-26-40-32(37)24-25-33(38)42-28-30(43-34(39)21-6-3)27-41-31(36)20-5-2;/h30H,4-28H2,1-3H3;1H2/t30-;/m0./s1. The third-order valence-corrected chi connectivity index (χ3v) is 7.02. The van der Waals surface area contributed by atoms with Gasteiger partial charge >= 0.3 is 23.9 Å². The first-order valence-corrected chi connectivity index (χ1v) is 17.0. The predicted octanol–water partition coefficient (Wildman–Crippen LogP) is 7.85. The van der Waals surface area contributed by atoms with Crippen molar-refractivity contribution in [3.63, 3.8) is 0 Å². The van der Waals surface area contributed by atoms with E-state index in [1.807, 2.05) is 13.8 Å². The summed E-state index contributed by atoms with van der Waals surface area (Å²) in [6.45, 7) is 5.57. The smallest absolute Gasteiger partial charge is 0.306 e. The number of carbonyl (C=O) groups is 5. The number of esters is 4. The van der Waals surface area contributed by atoms with E-state index in [0.29, 0.717) is 32.1 Å². The summed E-state index contributed by atoms with van der Waals surface area (Å²) in [6, 6.07) is 0. The second-order valence-electron chi connectivity index (χ2n) is 11.3. The second-order valence-corrected chi connectivity index (χ2v) is 11.3. The summed E-state index contributed by atoms with van der Waals surface area (Å²) < 4.78 is 20.6. The van der Waals surface area contributed by atoms with E-state index in [-0.39, 0.29) is 64.8 Å². The molecule has 0 N–H and O–H groups in total. The Labute approximate surface area is 273 Å². The number of unbranched alkanes of at least 4 members (excludes halogenated alkanes) is 12. The van der Waals surface area contributed by atoms with E-state index in [2.05, 4.69) is 6.92 Å². The molecule has 0 aromatic heterocycles. The van der Waals surface area contributed by atoms with Crippen molar-refractivity contribution in [1.82, 2.24) is 0 Å². The molecule has 0 aromatic rings. The van der Waals surface area contributed by atoms with Crippen molar-refractivity contribution in [2.75, 3.05) is 19.8 Å². The molecule has 0 bridgehead atoms. The topological polar surface area (TPSA) is 122 Å². The molecule has 0 aromatic carbocycles. The van der Waals surface area contributed by atoms with Crippen LogP contribution in [0.2, 0.25) is 0 Å². The van der Waals surface area contributed by atoms with Gasteiger partial charge in [0.05, 0.1) is 19.4 Å². The van der Waals surface area contributed by atoms with Gasteiger partial charge in [0.25, 0.3) is 0 Å². The summed E-state index contributed by atoms with van der Waals surface area (Å²) in [5.74, 6) is -1.89. The van der Waals surface area contributed by atoms with Crippen LogP contribution < -0.4 is 0 Å². The first-order valence-electron chi connectivity index (χ1n) is 17.0. The maximum absolute atomic E-state index is 12.1. The van der Waals surface area contributed by atoms with Gasteiger partial charge in [-0.1, -0.05) is 97.8 Å². The largest absolute Gasteiger partial charge is 0.466 e. The van der Waals surface area contributed by atoms with Gasteiger partial charge in [-0.05, 0) is 25.7 Å². The van der Waals surface area contributed by atoms with E-state index < -0.39 is 30.0 Å². The van der Waals surface area contributed by atoms with Gasteiger partial charge in [-0.3, -0.25) is 24.0 Å². The highest BCUT2D eigenvalue weighted by molar-refractivity contribution is 7.59. The zero-order valence-corrected chi connectivity index (χ0v) is 28.9. The summed E-state index contributed by atoms with van der Waals surface area (Å²) >= 11 is 0. The first kappa shape index (κ1) is 44.0. The molecule has 0 aliphatic carbocycles. The number of carbonyl (C=O) groups excluding carboxylic acids is 5. The van der Waals surface area contributed by atoms with Gasteiger partial charge in [0.15, 0.2) is 6.10 Å². The molecular weight excluding hydrogens is 584 g/mol. The summed E-state index contributed by atoms with van der Waals surface area (Å²) in [5, 5.41) is 0. The van der Waals surface area contributed by atoms with Crippen LogP contribution >= 0.6 is 13.5 Å². The number of rotatable bonds is 30. The summed E-state index contributed by atoms with van der Waals surface area (Å²) in [6.07, 6.45) is 18.4. The predicted molar refractivity (Wildman–Crippen MR) is 177 cm³/mol. The normalized spacial score (nSPS) is 11.2. The van der Waals surface area contributed by atoms with Crippen LogP contribution in [0.3, 0.4) is 0 Å². The molecule has 0 rings (SSSR count). The Morgan fingerprint density at radius 2 is 0.841 bits per heavy atom. The van der Waals surface area contributed by atoms with Crippen molar-refractivity contribution in [3.05, 3.63) is 0 Å². The maximum Gasteiger partial charge on any atom is 0.306 e. The Bertz CT molecular complexity index is 757. The van der Waals surface area contributed by atoms with Crippen molar-refractivity contribution in [2.45, 2.75) is 168 Å². The van der Waals surface area contributed by atoms with Crippen molar-refractivity contribution < 1.29 is 42.9 Å². The molecule has 0 amide bonds. The van der Waals surface area contributed by atoms with Crippen molar-refractivity contribution >= 4 is 43.2 Å². The molecule has 0 unspecified atom stereocenters. The fourth-order valence-electron chi connectivity index (χ4n) is 4.48. The van der Waals surface area contributed by atoms with Crippen LogP contribution in [0.4, 0.5) is 0 Å². The van der Waals surface area contributed by atoms with E-state index in [0.717, 1.165) is 12.8 Å². The highest BCUT2D eigenvalue weighted by atomic mass is 32.1. The lowest BCUT2D eigenvalue weighted by Gasteiger charge is -2.18. The van der Waals surface area contributed by atoms with E-state index in [4.69, 9.17) is 18.9 Å². The maximum atomic E-state index is 12.1. The average molecular weight is 647 g/mol. The van der Waals surface area contributed by atoms with Crippen molar-refractivity contribution in [1.29, 1.82) is 0 Å². The SMILES string of the molecule is CCCCCCCCCCCCCCCC(=O)CCCOC(=O)CCC(=O)OC[C@H](COC(=O)CCC)OC(=O)CCC.S. The fraction of sp³-hybridized carbons (Fsp3) is 0.853. The van der Waals surface area contributed by atoms with Crippen LogP contribution in [0.25, 0.3) is 0 Å². The van der Waals surface area contributed by atoms with Crippen LogP contribution in [-0.2, 0) is 42.9 Å². The van der Waals surface area contributed by atoms with Gasteiger partial charge in [0.1, 0.15) is 19.0 Å². The Kier molecular flexibility index (Phi) is 32.3. The number of ether oxygens (including phenoxy) is 4. The van der Waals surface area contributed by atoms with E-state index in [1.165, 1.54) is 70.6 Å². The molecule has 1 atom stereocenters. The van der Waals surface area contributed by atoms with Crippen LogP contribution in [0.1, 0.15) is 162 Å². The van der Waals surface area contributed by atoms with E-state index in [9.17, 15) is 24.0 Å². The number of hydrogen-bond donors (Lipinski definition) is 0. The molecule has 0 aliphatic rings. The Hall–Kier alpha value is -2.10.